The highest BCUT2D eigenvalue weighted by Gasteiger charge is 1.99. The van der Waals surface area contributed by atoms with E-state index in [4.69, 9.17) is 4.74 Å². The molecule has 5 heteroatoms. The third-order valence-electron chi connectivity index (χ3n) is 2.76. The Morgan fingerprint density at radius 1 is 1.38 bits per heavy atom. The monoisotopic (exact) mass is 403 g/mol. The van der Waals surface area contributed by atoms with E-state index in [9.17, 15) is 0 Å². The van der Waals surface area contributed by atoms with Crippen molar-refractivity contribution in [1.82, 2.24) is 10.6 Å². The average Bonchev–Trinajstić information content (AvgIpc) is 2.48. The molecule has 1 rings (SSSR count). The van der Waals surface area contributed by atoms with Crippen LogP contribution < -0.4 is 15.4 Å². The van der Waals surface area contributed by atoms with Gasteiger partial charge in [-0.25, -0.2) is 0 Å². The van der Waals surface area contributed by atoms with Crippen LogP contribution in [0.15, 0.2) is 41.9 Å². The van der Waals surface area contributed by atoms with Crippen molar-refractivity contribution < 1.29 is 4.74 Å². The zero-order valence-electron chi connectivity index (χ0n) is 12.9. The Bertz CT molecular complexity index is 435. The van der Waals surface area contributed by atoms with E-state index in [-0.39, 0.29) is 24.0 Å². The number of benzene rings is 1. The molecular weight excluding hydrogens is 377 g/mol. The minimum Gasteiger partial charge on any atom is -0.494 e. The Labute approximate surface area is 145 Å². The van der Waals surface area contributed by atoms with E-state index in [2.05, 4.69) is 41.3 Å². The number of unbranched alkanes of at least 4 members (excludes halogenated alkanes) is 1. The maximum Gasteiger partial charge on any atom is 0.191 e. The van der Waals surface area contributed by atoms with Crippen molar-refractivity contribution in [3.63, 3.8) is 0 Å². The van der Waals surface area contributed by atoms with Crippen LogP contribution in [0, 0.1) is 0 Å². The largest absolute Gasteiger partial charge is 0.494 e. The van der Waals surface area contributed by atoms with Crippen LogP contribution in [0.2, 0.25) is 0 Å². The van der Waals surface area contributed by atoms with Crippen molar-refractivity contribution >= 4 is 29.9 Å². The molecule has 0 radical (unpaired) electrons. The van der Waals surface area contributed by atoms with Crippen LogP contribution >= 0.6 is 24.0 Å². The van der Waals surface area contributed by atoms with E-state index in [0.29, 0.717) is 13.1 Å². The van der Waals surface area contributed by atoms with E-state index in [1.807, 2.05) is 12.1 Å². The number of hydrogen-bond donors (Lipinski definition) is 2. The summed E-state index contributed by atoms with van der Waals surface area (Å²) in [7, 11) is 1.75. The molecule has 0 bridgehead atoms. The van der Waals surface area contributed by atoms with Gasteiger partial charge in [0, 0.05) is 20.1 Å². The highest BCUT2D eigenvalue weighted by molar-refractivity contribution is 14.0. The van der Waals surface area contributed by atoms with Crippen LogP contribution in [-0.4, -0.2) is 26.2 Å². The van der Waals surface area contributed by atoms with Crippen molar-refractivity contribution in [1.29, 1.82) is 0 Å². The second kappa shape index (κ2) is 12.5. The molecule has 0 unspecified atom stereocenters. The van der Waals surface area contributed by atoms with Crippen LogP contribution in [0.25, 0.3) is 0 Å². The molecule has 0 aromatic heterocycles. The lowest BCUT2D eigenvalue weighted by molar-refractivity contribution is 0.309. The first-order valence-corrected chi connectivity index (χ1v) is 7.07. The molecule has 0 fully saturated rings. The summed E-state index contributed by atoms with van der Waals surface area (Å²) in [5.74, 6) is 1.69. The third-order valence-corrected chi connectivity index (χ3v) is 2.76. The smallest absolute Gasteiger partial charge is 0.191 e. The van der Waals surface area contributed by atoms with Crippen molar-refractivity contribution in [3.8, 4) is 5.75 Å². The van der Waals surface area contributed by atoms with E-state index in [0.717, 1.165) is 31.2 Å². The molecular formula is C16H26IN3O. The van der Waals surface area contributed by atoms with Gasteiger partial charge in [0.25, 0.3) is 0 Å². The van der Waals surface area contributed by atoms with E-state index in [1.165, 1.54) is 5.56 Å². The number of guanidine groups is 1. The number of nitrogens with zero attached hydrogens (tertiary/aromatic N) is 1. The fraction of sp³-hybridized carbons (Fsp3) is 0.438. The van der Waals surface area contributed by atoms with Crippen molar-refractivity contribution in [2.45, 2.75) is 26.3 Å². The number of hydrogen-bond acceptors (Lipinski definition) is 2. The Balaban J connectivity index is 0.00000400. The SMILES string of the molecule is C=CCNC(=NC)NCc1cccc(OCCCC)c1.I. The van der Waals surface area contributed by atoms with E-state index in [1.54, 1.807) is 13.1 Å². The molecule has 2 N–H and O–H groups in total. The van der Waals surface area contributed by atoms with Gasteiger partial charge in [-0.3, -0.25) is 4.99 Å². The Hall–Kier alpha value is -1.24. The minimum absolute atomic E-state index is 0. The van der Waals surface area contributed by atoms with Crippen LogP contribution in [0.4, 0.5) is 0 Å². The second-order valence-corrected chi connectivity index (χ2v) is 4.44. The predicted molar refractivity (Wildman–Crippen MR) is 101 cm³/mol. The molecule has 0 aliphatic carbocycles. The maximum atomic E-state index is 5.70. The molecule has 0 spiro atoms. The molecule has 1 aromatic carbocycles. The highest BCUT2D eigenvalue weighted by Crippen LogP contribution is 2.13. The van der Waals surface area contributed by atoms with Gasteiger partial charge >= 0.3 is 0 Å². The Morgan fingerprint density at radius 2 is 2.19 bits per heavy atom. The summed E-state index contributed by atoms with van der Waals surface area (Å²) in [4.78, 5) is 4.14. The molecule has 1 aromatic rings. The quantitative estimate of drug-likeness (QED) is 0.230. The summed E-state index contributed by atoms with van der Waals surface area (Å²) in [6, 6.07) is 8.13. The normalized spacial score (nSPS) is 10.5. The van der Waals surface area contributed by atoms with Gasteiger partial charge in [-0.1, -0.05) is 31.6 Å². The highest BCUT2D eigenvalue weighted by atomic mass is 127. The van der Waals surface area contributed by atoms with E-state index >= 15 is 0 Å². The first kappa shape index (κ1) is 19.8. The van der Waals surface area contributed by atoms with Gasteiger partial charge < -0.3 is 15.4 Å². The number of aliphatic imine (C=N–C) groups is 1. The fourth-order valence-corrected chi connectivity index (χ4v) is 1.65. The number of rotatable bonds is 8. The van der Waals surface area contributed by atoms with Gasteiger partial charge in [0.15, 0.2) is 5.96 Å². The summed E-state index contributed by atoms with van der Waals surface area (Å²) < 4.78 is 5.70. The van der Waals surface area contributed by atoms with Gasteiger partial charge in [0.2, 0.25) is 0 Å². The van der Waals surface area contributed by atoms with E-state index < -0.39 is 0 Å². The maximum absolute atomic E-state index is 5.70. The Morgan fingerprint density at radius 3 is 2.86 bits per heavy atom. The van der Waals surface area contributed by atoms with Gasteiger partial charge in [-0.15, -0.1) is 30.6 Å². The molecule has 0 heterocycles. The molecule has 0 aliphatic rings. The van der Waals surface area contributed by atoms with Crippen molar-refractivity contribution in [2.75, 3.05) is 20.2 Å². The molecule has 118 valence electrons. The summed E-state index contributed by atoms with van der Waals surface area (Å²) in [6.07, 6.45) is 4.03. The average molecular weight is 403 g/mol. The number of nitrogens with one attached hydrogen (secondary N) is 2. The van der Waals surface area contributed by atoms with Crippen LogP contribution in [0.5, 0.6) is 5.75 Å². The predicted octanol–water partition coefficient (Wildman–Crippen LogP) is 3.33. The van der Waals surface area contributed by atoms with Gasteiger partial charge in [-0.05, 0) is 24.1 Å². The summed E-state index contributed by atoms with van der Waals surface area (Å²) in [6.45, 7) is 8.01. The topological polar surface area (TPSA) is 45.7 Å². The van der Waals surface area contributed by atoms with Gasteiger partial charge in [0.05, 0.1) is 6.61 Å². The molecule has 0 saturated heterocycles. The minimum atomic E-state index is 0. The zero-order valence-corrected chi connectivity index (χ0v) is 15.2. The molecule has 0 aliphatic heterocycles. The molecule has 4 nitrogen and oxygen atoms in total. The van der Waals surface area contributed by atoms with Crippen molar-refractivity contribution in [2.24, 2.45) is 4.99 Å². The first-order chi connectivity index (χ1) is 9.80. The van der Waals surface area contributed by atoms with Crippen molar-refractivity contribution in [3.05, 3.63) is 42.5 Å². The zero-order chi connectivity index (χ0) is 14.6. The lowest BCUT2D eigenvalue weighted by atomic mass is 10.2. The lowest BCUT2D eigenvalue weighted by Gasteiger charge is -2.11. The van der Waals surface area contributed by atoms with Crippen LogP contribution in [0.1, 0.15) is 25.3 Å². The summed E-state index contributed by atoms with van der Waals surface area (Å²) >= 11 is 0. The molecule has 0 atom stereocenters. The van der Waals surface area contributed by atoms with Gasteiger partial charge in [-0.2, -0.15) is 0 Å². The second-order valence-electron chi connectivity index (χ2n) is 4.44. The first-order valence-electron chi connectivity index (χ1n) is 7.07. The summed E-state index contributed by atoms with van der Waals surface area (Å²) in [5.41, 5.74) is 1.17. The lowest BCUT2D eigenvalue weighted by Crippen LogP contribution is -2.36. The van der Waals surface area contributed by atoms with Crippen LogP contribution in [0.3, 0.4) is 0 Å². The molecule has 21 heavy (non-hydrogen) atoms. The number of halogens is 1. The standard InChI is InChI=1S/C16H25N3O.HI/c1-4-6-11-20-15-9-7-8-14(12-15)13-19-16(17-3)18-10-5-2;/h5,7-9,12H,2,4,6,10-11,13H2,1,3H3,(H2,17,18,19);1H. The fourth-order valence-electron chi connectivity index (χ4n) is 1.65. The van der Waals surface area contributed by atoms with Crippen LogP contribution in [-0.2, 0) is 6.54 Å². The Kier molecular flexibility index (Phi) is 11.8. The molecule has 0 saturated carbocycles. The molecule has 0 amide bonds. The third kappa shape index (κ3) is 8.60. The number of ether oxygens (including phenoxy) is 1. The summed E-state index contributed by atoms with van der Waals surface area (Å²) in [5, 5.41) is 6.39. The van der Waals surface area contributed by atoms with Gasteiger partial charge in [0.1, 0.15) is 5.75 Å².